The normalized spacial score (nSPS) is 13.2. The molecule has 0 saturated heterocycles. The van der Waals surface area contributed by atoms with E-state index in [1.807, 2.05) is 36.4 Å². The van der Waals surface area contributed by atoms with Crippen LogP contribution in [-0.2, 0) is 25.9 Å². The van der Waals surface area contributed by atoms with E-state index in [1.165, 1.54) is 12.0 Å². The number of hydrogen-bond acceptors (Lipinski definition) is 4. The van der Waals surface area contributed by atoms with E-state index in [0.717, 1.165) is 49.6 Å². The second-order valence-corrected chi connectivity index (χ2v) is 7.77. The quantitative estimate of drug-likeness (QED) is 0.622. The number of anilines is 2. The number of aryl methyl sites for hydroxylation is 2. The molecule has 1 aliphatic rings. The van der Waals surface area contributed by atoms with Crippen molar-refractivity contribution in [3.8, 4) is 5.75 Å². The number of urea groups is 1. The number of ether oxygens (including phenoxy) is 1. The lowest BCUT2D eigenvalue weighted by Crippen LogP contribution is -2.35. The van der Waals surface area contributed by atoms with Gasteiger partial charge in [-0.05, 0) is 49.1 Å². The zero-order valence-corrected chi connectivity index (χ0v) is 18.2. The maximum Gasteiger partial charge on any atom is 0.326 e. The Balaban J connectivity index is 1.64. The van der Waals surface area contributed by atoms with Gasteiger partial charge in [0.15, 0.2) is 5.82 Å². The van der Waals surface area contributed by atoms with Crippen LogP contribution in [0.15, 0.2) is 48.5 Å². The standard InChI is InChI=1S/C24H29N5O2/c1-3-18-9-7-11-20(15-18)29(24(30)25-19-10-8-12-21(16-19)31-2)17-23-27-26-22-13-5-4-6-14-28(22)23/h7-12,15-16H,3-6,13-14,17H2,1-2H3,(H,25,30). The van der Waals surface area contributed by atoms with Gasteiger partial charge >= 0.3 is 6.03 Å². The summed E-state index contributed by atoms with van der Waals surface area (Å²) < 4.78 is 7.47. The second kappa shape index (κ2) is 9.64. The van der Waals surface area contributed by atoms with E-state index in [1.54, 1.807) is 12.0 Å². The van der Waals surface area contributed by atoms with E-state index in [0.29, 0.717) is 18.0 Å². The molecule has 162 valence electrons. The Morgan fingerprint density at radius 2 is 2.00 bits per heavy atom. The fourth-order valence-corrected chi connectivity index (χ4v) is 3.92. The predicted octanol–water partition coefficient (Wildman–Crippen LogP) is 4.81. The highest BCUT2D eigenvalue weighted by Gasteiger charge is 2.22. The number of aromatic nitrogens is 3. The number of nitrogens with zero attached hydrogens (tertiary/aromatic N) is 4. The van der Waals surface area contributed by atoms with E-state index >= 15 is 0 Å². The van der Waals surface area contributed by atoms with Crippen molar-refractivity contribution >= 4 is 17.4 Å². The Labute approximate surface area is 183 Å². The first-order chi connectivity index (χ1) is 15.2. The lowest BCUT2D eigenvalue weighted by atomic mass is 10.1. The number of rotatable bonds is 6. The van der Waals surface area contributed by atoms with E-state index in [9.17, 15) is 4.79 Å². The molecule has 7 heteroatoms. The van der Waals surface area contributed by atoms with Gasteiger partial charge in [-0.3, -0.25) is 4.90 Å². The van der Waals surface area contributed by atoms with Gasteiger partial charge in [0.25, 0.3) is 0 Å². The smallest absolute Gasteiger partial charge is 0.326 e. The summed E-state index contributed by atoms with van der Waals surface area (Å²) >= 11 is 0. The molecule has 0 saturated carbocycles. The average Bonchev–Trinajstić information content (AvgIpc) is 3.02. The van der Waals surface area contributed by atoms with Crippen molar-refractivity contribution in [3.05, 3.63) is 65.7 Å². The molecule has 0 radical (unpaired) electrons. The molecule has 4 rings (SSSR count). The number of amides is 2. The van der Waals surface area contributed by atoms with Crippen molar-refractivity contribution in [2.75, 3.05) is 17.3 Å². The number of carbonyl (C=O) groups is 1. The zero-order valence-electron chi connectivity index (χ0n) is 18.2. The highest BCUT2D eigenvalue weighted by atomic mass is 16.5. The second-order valence-electron chi connectivity index (χ2n) is 7.77. The molecule has 31 heavy (non-hydrogen) atoms. The first kappa shape index (κ1) is 20.9. The molecule has 0 aliphatic carbocycles. The van der Waals surface area contributed by atoms with Crippen LogP contribution in [0.4, 0.5) is 16.2 Å². The van der Waals surface area contributed by atoms with Gasteiger partial charge in [-0.1, -0.05) is 31.5 Å². The summed E-state index contributed by atoms with van der Waals surface area (Å²) in [6, 6.07) is 15.2. The van der Waals surface area contributed by atoms with E-state index in [4.69, 9.17) is 4.74 Å². The Bertz CT molecular complexity index is 1050. The van der Waals surface area contributed by atoms with Gasteiger partial charge in [-0.15, -0.1) is 10.2 Å². The minimum absolute atomic E-state index is 0.215. The summed E-state index contributed by atoms with van der Waals surface area (Å²) in [5.41, 5.74) is 2.70. The van der Waals surface area contributed by atoms with Crippen LogP contribution in [0.2, 0.25) is 0 Å². The van der Waals surface area contributed by atoms with Crippen LogP contribution < -0.4 is 15.0 Å². The molecule has 7 nitrogen and oxygen atoms in total. The van der Waals surface area contributed by atoms with E-state index in [2.05, 4.69) is 39.1 Å². The average molecular weight is 420 g/mol. The first-order valence-electron chi connectivity index (χ1n) is 10.9. The van der Waals surface area contributed by atoms with Crippen molar-refractivity contribution in [2.45, 2.75) is 52.1 Å². The molecular weight excluding hydrogens is 390 g/mol. The molecule has 1 aromatic heterocycles. The van der Waals surface area contributed by atoms with Gasteiger partial charge in [0.1, 0.15) is 11.6 Å². The van der Waals surface area contributed by atoms with Crippen LogP contribution in [0.1, 0.15) is 43.4 Å². The molecule has 2 heterocycles. The molecular formula is C24H29N5O2. The van der Waals surface area contributed by atoms with Crippen molar-refractivity contribution in [2.24, 2.45) is 0 Å². The third kappa shape index (κ3) is 4.87. The summed E-state index contributed by atoms with van der Waals surface area (Å²) in [6.45, 7) is 3.37. The van der Waals surface area contributed by atoms with Crippen molar-refractivity contribution < 1.29 is 9.53 Å². The van der Waals surface area contributed by atoms with Crippen LogP contribution in [0.3, 0.4) is 0 Å². The topological polar surface area (TPSA) is 72.3 Å². The SMILES string of the molecule is CCc1cccc(N(Cc2nnc3n2CCCCC3)C(=O)Nc2cccc(OC)c2)c1. The van der Waals surface area contributed by atoms with Crippen LogP contribution in [0, 0.1) is 0 Å². The van der Waals surface area contributed by atoms with Gasteiger partial charge in [-0.25, -0.2) is 4.79 Å². The third-order valence-electron chi connectivity index (χ3n) is 5.68. The molecule has 0 fully saturated rings. The lowest BCUT2D eigenvalue weighted by Gasteiger charge is -2.24. The summed E-state index contributed by atoms with van der Waals surface area (Å²) in [5, 5.41) is 11.8. The minimum Gasteiger partial charge on any atom is -0.497 e. The molecule has 2 amide bonds. The van der Waals surface area contributed by atoms with Crippen molar-refractivity contribution in [3.63, 3.8) is 0 Å². The summed E-state index contributed by atoms with van der Waals surface area (Å²) in [5.74, 6) is 2.53. The molecule has 0 bridgehead atoms. The summed E-state index contributed by atoms with van der Waals surface area (Å²) in [7, 11) is 1.61. The molecule has 1 N–H and O–H groups in total. The maximum absolute atomic E-state index is 13.4. The number of benzene rings is 2. The molecule has 0 unspecified atom stereocenters. The Morgan fingerprint density at radius 1 is 1.13 bits per heavy atom. The van der Waals surface area contributed by atoms with Crippen LogP contribution in [0.25, 0.3) is 0 Å². The molecule has 0 atom stereocenters. The van der Waals surface area contributed by atoms with Gasteiger partial charge in [0.05, 0.1) is 13.7 Å². The lowest BCUT2D eigenvalue weighted by molar-refractivity contribution is 0.256. The monoisotopic (exact) mass is 419 g/mol. The summed E-state index contributed by atoms with van der Waals surface area (Å²) in [6.07, 6.45) is 5.28. The number of hydrogen-bond donors (Lipinski definition) is 1. The third-order valence-corrected chi connectivity index (χ3v) is 5.68. The molecule has 0 spiro atoms. The van der Waals surface area contributed by atoms with Gasteiger partial charge in [0.2, 0.25) is 0 Å². The molecule has 2 aromatic carbocycles. The number of methoxy groups -OCH3 is 1. The van der Waals surface area contributed by atoms with Gasteiger partial charge in [-0.2, -0.15) is 0 Å². The highest BCUT2D eigenvalue weighted by Crippen LogP contribution is 2.23. The zero-order chi connectivity index (χ0) is 21.6. The van der Waals surface area contributed by atoms with E-state index < -0.39 is 0 Å². The van der Waals surface area contributed by atoms with Gasteiger partial charge < -0.3 is 14.6 Å². The number of nitrogens with one attached hydrogen (secondary N) is 1. The highest BCUT2D eigenvalue weighted by molar-refractivity contribution is 6.01. The minimum atomic E-state index is -0.215. The number of fused-ring (bicyclic) bond motifs is 1. The van der Waals surface area contributed by atoms with Crippen LogP contribution in [0.5, 0.6) is 5.75 Å². The van der Waals surface area contributed by atoms with Crippen LogP contribution in [-0.4, -0.2) is 27.9 Å². The Hall–Kier alpha value is -3.35. The fourth-order valence-electron chi connectivity index (χ4n) is 3.92. The predicted molar refractivity (Wildman–Crippen MR) is 122 cm³/mol. The fraction of sp³-hybridized carbons (Fsp3) is 0.375. The maximum atomic E-state index is 13.4. The van der Waals surface area contributed by atoms with Crippen LogP contribution >= 0.6 is 0 Å². The van der Waals surface area contributed by atoms with Gasteiger partial charge in [0, 0.05) is 30.4 Å². The largest absolute Gasteiger partial charge is 0.497 e. The number of carbonyl (C=O) groups excluding carboxylic acids is 1. The van der Waals surface area contributed by atoms with Crippen molar-refractivity contribution in [1.29, 1.82) is 0 Å². The Morgan fingerprint density at radius 3 is 2.84 bits per heavy atom. The molecule has 3 aromatic rings. The molecule has 1 aliphatic heterocycles. The first-order valence-corrected chi connectivity index (χ1v) is 10.9. The van der Waals surface area contributed by atoms with E-state index in [-0.39, 0.29) is 6.03 Å². The summed E-state index contributed by atoms with van der Waals surface area (Å²) in [4.78, 5) is 15.1. The Kier molecular flexibility index (Phi) is 6.50. The van der Waals surface area contributed by atoms with Crippen molar-refractivity contribution in [1.82, 2.24) is 14.8 Å².